The topological polar surface area (TPSA) is 74.6 Å². The lowest BCUT2D eigenvalue weighted by molar-refractivity contribution is -0.127. The summed E-state index contributed by atoms with van der Waals surface area (Å²) in [6, 6.07) is 15.0. The molecule has 3 aromatic rings. The summed E-state index contributed by atoms with van der Waals surface area (Å²) in [5.74, 6) is 1.64. The molecule has 0 saturated carbocycles. The number of para-hydroxylation sites is 1. The third-order valence-corrected chi connectivity index (χ3v) is 4.15. The number of carbonyl (C=O) groups is 1. The first-order valence-electron chi connectivity index (χ1n) is 8.62. The summed E-state index contributed by atoms with van der Waals surface area (Å²) in [5, 5.41) is 7.18. The first kappa shape index (κ1) is 17.0. The molecule has 2 heterocycles. The van der Waals surface area contributed by atoms with Gasteiger partial charge in [-0.3, -0.25) is 4.79 Å². The van der Waals surface area contributed by atoms with E-state index in [1.54, 1.807) is 36.0 Å². The molecule has 138 valence electrons. The van der Waals surface area contributed by atoms with Crippen LogP contribution in [0.4, 0.5) is 0 Å². The summed E-state index contributed by atoms with van der Waals surface area (Å²) in [6.07, 6.45) is 2.98. The maximum absolute atomic E-state index is 12.3. The molecule has 0 fully saturated rings. The van der Waals surface area contributed by atoms with Crippen LogP contribution < -0.4 is 19.5 Å². The van der Waals surface area contributed by atoms with Crippen LogP contribution in [-0.2, 0) is 11.3 Å². The van der Waals surface area contributed by atoms with Crippen LogP contribution in [0.25, 0.3) is 5.69 Å². The summed E-state index contributed by atoms with van der Waals surface area (Å²) in [7, 11) is 0. The molecule has 1 aliphatic rings. The highest BCUT2D eigenvalue weighted by atomic mass is 16.7. The van der Waals surface area contributed by atoms with Crippen molar-refractivity contribution in [3.8, 4) is 22.9 Å². The Balaban J connectivity index is 1.32. The third kappa shape index (κ3) is 3.87. The summed E-state index contributed by atoms with van der Waals surface area (Å²) in [4.78, 5) is 12.3. The number of carbonyl (C=O) groups excluding carboxylic acids is 1. The predicted molar refractivity (Wildman–Crippen MR) is 98.1 cm³/mol. The van der Waals surface area contributed by atoms with Gasteiger partial charge in [0.15, 0.2) is 17.6 Å². The van der Waals surface area contributed by atoms with Gasteiger partial charge in [-0.25, -0.2) is 4.68 Å². The first-order valence-corrected chi connectivity index (χ1v) is 8.62. The molecule has 0 bridgehead atoms. The fourth-order valence-corrected chi connectivity index (χ4v) is 2.71. The van der Waals surface area contributed by atoms with Crippen molar-refractivity contribution in [2.24, 2.45) is 0 Å². The Hall–Kier alpha value is -3.48. The minimum Gasteiger partial charge on any atom is -0.481 e. The molecule has 0 aliphatic carbocycles. The number of rotatable bonds is 6. The number of amides is 1. The average molecular weight is 365 g/mol. The summed E-state index contributed by atoms with van der Waals surface area (Å²) >= 11 is 0. The molecular weight excluding hydrogens is 346 g/mol. The van der Waals surface area contributed by atoms with Crippen LogP contribution in [0, 0.1) is 0 Å². The second-order valence-corrected chi connectivity index (χ2v) is 6.12. The number of hydrogen-bond acceptors (Lipinski definition) is 5. The second kappa shape index (κ2) is 7.41. The monoisotopic (exact) mass is 365 g/mol. The zero-order chi connectivity index (χ0) is 18.6. The highest BCUT2D eigenvalue weighted by Gasteiger charge is 2.18. The Kier molecular flexibility index (Phi) is 4.65. The van der Waals surface area contributed by atoms with Crippen molar-refractivity contribution >= 4 is 5.91 Å². The zero-order valence-electron chi connectivity index (χ0n) is 14.8. The van der Waals surface area contributed by atoms with Gasteiger partial charge in [0.1, 0.15) is 5.75 Å². The average Bonchev–Trinajstić information content (AvgIpc) is 3.35. The SMILES string of the molecule is C[C@@H](Oc1ccc2c(c1)OCO2)C(=O)NCc1cnn(-c2ccccc2)c1. The van der Waals surface area contributed by atoms with Crippen molar-refractivity contribution in [3.63, 3.8) is 0 Å². The van der Waals surface area contributed by atoms with E-state index in [9.17, 15) is 4.79 Å². The van der Waals surface area contributed by atoms with Crippen molar-refractivity contribution < 1.29 is 19.0 Å². The molecule has 7 heteroatoms. The molecule has 4 rings (SSSR count). The van der Waals surface area contributed by atoms with E-state index in [1.807, 2.05) is 36.5 Å². The highest BCUT2D eigenvalue weighted by molar-refractivity contribution is 5.80. The Morgan fingerprint density at radius 2 is 2.04 bits per heavy atom. The van der Waals surface area contributed by atoms with Crippen LogP contribution in [0.1, 0.15) is 12.5 Å². The van der Waals surface area contributed by atoms with Crippen LogP contribution >= 0.6 is 0 Å². The van der Waals surface area contributed by atoms with E-state index in [-0.39, 0.29) is 12.7 Å². The zero-order valence-corrected chi connectivity index (χ0v) is 14.8. The fraction of sp³-hybridized carbons (Fsp3) is 0.200. The number of hydrogen-bond donors (Lipinski definition) is 1. The van der Waals surface area contributed by atoms with Gasteiger partial charge in [0.25, 0.3) is 5.91 Å². The van der Waals surface area contributed by atoms with Gasteiger partial charge in [-0.2, -0.15) is 5.10 Å². The van der Waals surface area contributed by atoms with Crippen molar-refractivity contribution in [2.45, 2.75) is 19.6 Å². The lowest BCUT2D eigenvalue weighted by Gasteiger charge is -2.14. The van der Waals surface area contributed by atoms with E-state index in [1.165, 1.54) is 0 Å². The van der Waals surface area contributed by atoms with E-state index < -0.39 is 6.10 Å². The Morgan fingerprint density at radius 3 is 2.89 bits per heavy atom. The Morgan fingerprint density at radius 1 is 1.22 bits per heavy atom. The molecule has 0 saturated heterocycles. The van der Waals surface area contributed by atoms with E-state index in [2.05, 4.69) is 10.4 Å². The molecule has 1 atom stereocenters. The molecule has 2 aromatic carbocycles. The van der Waals surface area contributed by atoms with Gasteiger partial charge < -0.3 is 19.5 Å². The molecule has 0 unspecified atom stereocenters. The number of fused-ring (bicyclic) bond motifs is 1. The van der Waals surface area contributed by atoms with Crippen LogP contribution in [-0.4, -0.2) is 28.6 Å². The van der Waals surface area contributed by atoms with Gasteiger partial charge in [0, 0.05) is 24.4 Å². The number of aromatic nitrogens is 2. The first-order chi connectivity index (χ1) is 13.2. The number of nitrogens with zero attached hydrogens (tertiary/aromatic N) is 2. The smallest absolute Gasteiger partial charge is 0.261 e. The molecule has 1 amide bonds. The van der Waals surface area contributed by atoms with Gasteiger partial charge in [-0.15, -0.1) is 0 Å². The van der Waals surface area contributed by atoms with E-state index in [0.29, 0.717) is 23.8 Å². The fourth-order valence-electron chi connectivity index (χ4n) is 2.71. The van der Waals surface area contributed by atoms with Gasteiger partial charge in [-0.1, -0.05) is 18.2 Å². The molecule has 27 heavy (non-hydrogen) atoms. The van der Waals surface area contributed by atoms with Gasteiger partial charge in [0.2, 0.25) is 6.79 Å². The molecule has 1 N–H and O–H groups in total. The van der Waals surface area contributed by atoms with Gasteiger partial charge >= 0.3 is 0 Å². The third-order valence-electron chi connectivity index (χ3n) is 4.15. The molecule has 1 aromatic heterocycles. The van der Waals surface area contributed by atoms with E-state index in [0.717, 1.165) is 11.3 Å². The minimum absolute atomic E-state index is 0.200. The second-order valence-electron chi connectivity index (χ2n) is 6.12. The number of ether oxygens (including phenoxy) is 3. The highest BCUT2D eigenvalue weighted by Crippen LogP contribution is 2.35. The van der Waals surface area contributed by atoms with Crippen molar-refractivity contribution in [2.75, 3.05) is 6.79 Å². The van der Waals surface area contributed by atoms with Crippen LogP contribution in [0.3, 0.4) is 0 Å². The number of benzene rings is 2. The van der Waals surface area contributed by atoms with Crippen LogP contribution in [0.2, 0.25) is 0 Å². The Bertz CT molecular complexity index is 939. The lowest BCUT2D eigenvalue weighted by Crippen LogP contribution is -2.35. The molecule has 0 spiro atoms. The van der Waals surface area contributed by atoms with Crippen LogP contribution in [0.15, 0.2) is 60.9 Å². The molecule has 1 aliphatic heterocycles. The minimum atomic E-state index is -0.644. The lowest BCUT2D eigenvalue weighted by atomic mass is 10.3. The quantitative estimate of drug-likeness (QED) is 0.727. The van der Waals surface area contributed by atoms with Crippen molar-refractivity contribution in [1.82, 2.24) is 15.1 Å². The van der Waals surface area contributed by atoms with Crippen LogP contribution in [0.5, 0.6) is 17.2 Å². The standard InChI is InChI=1S/C20H19N3O4/c1-14(27-17-7-8-18-19(9-17)26-13-25-18)20(24)21-10-15-11-22-23(12-15)16-5-3-2-4-6-16/h2-9,11-12,14H,10,13H2,1H3,(H,21,24)/t14-/m1/s1. The summed E-state index contributed by atoms with van der Waals surface area (Å²) in [6.45, 7) is 2.28. The maximum Gasteiger partial charge on any atom is 0.261 e. The predicted octanol–water partition coefficient (Wildman–Crippen LogP) is 2.68. The molecule has 7 nitrogen and oxygen atoms in total. The van der Waals surface area contributed by atoms with Crippen molar-refractivity contribution in [1.29, 1.82) is 0 Å². The summed E-state index contributed by atoms with van der Waals surface area (Å²) < 4.78 is 18.0. The maximum atomic E-state index is 12.3. The van der Waals surface area contributed by atoms with Gasteiger partial charge in [0.05, 0.1) is 11.9 Å². The van der Waals surface area contributed by atoms with Crippen molar-refractivity contribution in [3.05, 3.63) is 66.5 Å². The number of nitrogens with one attached hydrogen (secondary N) is 1. The largest absolute Gasteiger partial charge is 0.481 e. The Labute approximate surface area is 156 Å². The van der Waals surface area contributed by atoms with Gasteiger partial charge in [-0.05, 0) is 31.2 Å². The van der Waals surface area contributed by atoms with E-state index >= 15 is 0 Å². The summed E-state index contributed by atoms with van der Waals surface area (Å²) in [5.41, 5.74) is 1.87. The molecule has 0 radical (unpaired) electrons. The van der Waals surface area contributed by atoms with E-state index in [4.69, 9.17) is 14.2 Å². The molecular formula is C20H19N3O4. The normalized spacial score (nSPS) is 13.2.